The fourth-order valence-corrected chi connectivity index (χ4v) is 5.50. The summed E-state index contributed by atoms with van der Waals surface area (Å²) in [6.07, 6.45) is 0. The van der Waals surface area contributed by atoms with Crippen LogP contribution in [-0.4, -0.2) is 27.5 Å². The average molecular weight is 533 g/mol. The lowest BCUT2D eigenvalue weighted by atomic mass is 10.1. The molecule has 0 saturated heterocycles. The van der Waals surface area contributed by atoms with Crippen LogP contribution in [0.2, 0.25) is 0 Å². The van der Waals surface area contributed by atoms with E-state index in [0.717, 1.165) is 26.6 Å². The lowest BCUT2D eigenvalue weighted by Crippen LogP contribution is -2.38. The molecule has 4 aromatic rings. The molecule has 1 N–H and O–H groups in total. The highest BCUT2D eigenvalue weighted by molar-refractivity contribution is 7.92. The smallest absolute Gasteiger partial charge is 0.264 e. The molecule has 0 aliphatic carbocycles. The Balaban J connectivity index is 1.64. The first-order valence-electron chi connectivity index (χ1n) is 12.2. The van der Waals surface area contributed by atoms with E-state index < -0.39 is 22.5 Å². The SMILES string of the molecule is CCOc1ccc(NC(=O)CN(c2cccc(C)c2C)S(=O)(=O)c2ccc(-c3ccc(F)cc3)cc2)cc1. The van der Waals surface area contributed by atoms with Crippen LogP contribution in [-0.2, 0) is 14.8 Å². The molecule has 6 nitrogen and oxygen atoms in total. The molecule has 0 saturated carbocycles. The van der Waals surface area contributed by atoms with Crippen molar-refractivity contribution in [3.05, 3.63) is 108 Å². The van der Waals surface area contributed by atoms with Gasteiger partial charge in [0.1, 0.15) is 18.1 Å². The molecule has 0 aliphatic rings. The molecule has 4 rings (SSSR count). The van der Waals surface area contributed by atoms with Crippen molar-refractivity contribution in [1.82, 2.24) is 0 Å². The van der Waals surface area contributed by atoms with Crippen LogP contribution < -0.4 is 14.4 Å². The minimum atomic E-state index is -4.11. The standard InChI is InChI=1S/C30H29FN2O4S/c1-4-37-27-16-14-26(15-17-27)32-30(34)20-33(29-7-5-6-21(2)22(29)3)38(35,36)28-18-10-24(11-19-28)23-8-12-25(31)13-9-23/h5-19H,4,20H2,1-3H3,(H,32,34). The zero-order chi connectivity index (χ0) is 27.3. The monoisotopic (exact) mass is 532 g/mol. The summed E-state index contributed by atoms with van der Waals surface area (Å²) < 4.78 is 47.6. The fraction of sp³-hybridized carbons (Fsp3) is 0.167. The number of aryl methyl sites for hydroxylation is 1. The fourth-order valence-electron chi connectivity index (χ4n) is 4.03. The number of hydrogen-bond donors (Lipinski definition) is 1. The molecular formula is C30H29FN2O4S. The Morgan fingerprint density at radius 2 is 1.47 bits per heavy atom. The summed E-state index contributed by atoms with van der Waals surface area (Å²) in [5.41, 5.74) is 4.12. The van der Waals surface area contributed by atoms with Gasteiger partial charge in [-0.15, -0.1) is 0 Å². The van der Waals surface area contributed by atoms with Crippen LogP contribution in [0.3, 0.4) is 0 Å². The second kappa shape index (κ2) is 11.5. The maximum absolute atomic E-state index is 13.9. The minimum absolute atomic E-state index is 0.0399. The van der Waals surface area contributed by atoms with E-state index in [1.807, 2.05) is 26.8 Å². The van der Waals surface area contributed by atoms with Gasteiger partial charge in [-0.1, -0.05) is 36.4 Å². The van der Waals surface area contributed by atoms with E-state index in [1.54, 1.807) is 60.7 Å². The predicted octanol–water partition coefficient (Wildman–Crippen LogP) is 6.34. The van der Waals surface area contributed by atoms with Crippen LogP contribution in [0.1, 0.15) is 18.1 Å². The molecule has 0 fully saturated rings. The van der Waals surface area contributed by atoms with Gasteiger partial charge in [0.05, 0.1) is 17.2 Å². The molecule has 196 valence electrons. The van der Waals surface area contributed by atoms with Gasteiger partial charge in [0.15, 0.2) is 0 Å². The maximum Gasteiger partial charge on any atom is 0.264 e. The van der Waals surface area contributed by atoms with E-state index in [4.69, 9.17) is 4.74 Å². The Hall–Kier alpha value is -4.17. The van der Waals surface area contributed by atoms with E-state index in [0.29, 0.717) is 23.7 Å². The molecule has 0 aromatic heterocycles. The molecular weight excluding hydrogens is 503 g/mol. The first-order chi connectivity index (χ1) is 18.2. The Morgan fingerprint density at radius 3 is 2.08 bits per heavy atom. The molecule has 0 heterocycles. The van der Waals surface area contributed by atoms with Crippen molar-refractivity contribution in [2.45, 2.75) is 25.7 Å². The van der Waals surface area contributed by atoms with Crippen molar-refractivity contribution in [1.29, 1.82) is 0 Å². The van der Waals surface area contributed by atoms with Gasteiger partial charge in [-0.05, 0) is 97.6 Å². The van der Waals surface area contributed by atoms with Crippen LogP contribution in [0.25, 0.3) is 11.1 Å². The predicted molar refractivity (Wildman–Crippen MR) is 149 cm³/mol. The highest BCUT2D eigenvalue weighted by atomic mass is 32.2. The molecule has 0 spiro atoms. The van der Waals surface area contributed by atoms with Gasteiger partial charge in [-0.25, -0.2) is 12.8 Å². The molecule has 0 aliphatic heterocycles. The third kappa shape index (κ3) is 6.03. The number of nitrogens with one attached hydrogen (secondary N) is 1. The van der Waals surface area contributed by atoms with Crippen molar-refractivity contribution in [2.75, 3.05) is 22.8 Å². The van der Waals surface area contributed by atoms with Gasteiger partial charge < -0.3 is 10.1 Å². The second-order valence-electron chi connectivity index (χ2n) is 8.77. The third-order valence-electron chi connectivity index (χ3n) is 6.20. The topological polar surface area (TPSA) is 75.7 Å². The number of amides is 1. The summed E-state index contributed by atoms with van der Waals surface area (Å²) in [6, 6.07) is 24.5. The Morgan fingerprint density at radius 1 is 0.868 bits per heavy atom. The Kier molecular flexibility index (Phi) is 8.12. The summed E-state index contributed by atoms with van der Waals surface area (Å²) in [5.74, 6) is -0.156. The molecule has 38 heavy (non-hydrogen) atoms. The van der Waals surface area contributed by atoms with Crippen molar-refractivity contribution >= 4 is 27.3 Å². The summed E-state index contributed by atoms with van der Waals surface area (Å²) >= 11 is 0. The van der Waals surface area contributed by atoms with Crippen LogP contribution in [0, 0.1) is 19.7 Å². The summed E-state index contributed by atoms with van der Waals surface area (Å²) in [6.45, 7) is 5.71. The van der Waals surface area contributed by atoms with Gasteiger partial charge in [0, 0.05) is 5.69 Å². The van der Waals surface area contributed by atoms with Crippen LogP contribution >= 0.6 is 0 Å². The Labute approximate surface area is 222 Å². The van der Waals surface area contributed by atoms with E-state index in [2.05, 4.69) is 5.32 Å². The molecule has 0 atom stereocenters. The largest absolute Gasteiger partial charge is 0.494 e. The van der Waals surface area contributed by atoms with Crippen molar-refractivity contribution < 1.29 is 22.3 Å². The van der Waals surface area contributed by atoms with Crippen molar-refractivity contribution in [3.63, 3.8) is 0 Å². The van der Waals surface area contributed by atoms with E-state index in [9.17, 15) is 17.6 Å². The first-order valence-corrected chi connectivity index (χ1v) is 13.6. The number of carbonyl (C=O) groups is 1. The minimum Gasteiger partial charge on any atom is -0.494 e. The van der Waals surface area contributed by atoms with Gasteiger partial charge in [0.2, 0.25) is 5.91 Å². The number of ether oxygens (including phenoxy) is 1. The van der Waals surface area contributed by atoms with Crippen LogP contribution in [0.15, 0.2) is 95.9 Å². The molecule has 1 amide bonds. The highest BCUT2D eigenvalue weighted by Gasteiger charge is 2.28. The van der Waals surface area contributed by atoms with E-state index in [1.165, 1.54) is 24.3 Å². The molecule has 0 unspecified atom stereocenters. The number of anilines is 2. The van der Waals surface area contributed by atoms with Crippen LogP contribution in [0.5, 0.6) is 5.75 Å². The quantitative estimate of drug-likeness (QED) is 0.273. The number of nitrogens with zero attached hydrogens (tertiary/aromatic N) is 1. The zero-order valence-corrected chi connectivity index (χ0v) is 22.3. The molecule has 0 radical (unpaired) electrons. The number of benzene rings is 4. The zero-order valence-electron chi connectivity index (χ0n) is 21.4. The normalized spacial score (nSPS) is 11.2. The van der Waals surface area contributed by atoms with E-state index in [-0.39, 0.29) is 10.7 Å². The summed E-state index contributed by atoms with van der Waals surface area (Å²) in [4.78, 5) is 13.1. The van der Waals surface area contributed by atoms with Gasteiger partial charge in [0.25, 0.3) is 10.0 Å². The lowest BCUT2D eigenvalue weighted by molar-refractivity contribution is -0.114. The highest BCUT2D eigenvalue weighted by Crippen LogP contribution is 2.30. The van der Waals surface area contributed by atoms with Crippen molar-refractivity contribution in [2.24, 2.45) is 0 Å². The van der Waals surface area contributed by atoms with Crippen LogP contribution in [0.4, 0.5) is 15.8 Å². The summed E-state index contributed by atoms with van der Waals surface area (Å²) in [5, 5.41) is 2.77. The maximum atomic E-state index is 13.9. The average Bonchev–Trinajstić information content (AvgIpc) is 2.91. The van der Waals surface area contributed by atoms with Gasteiger partial charge >= 0.3 is 0 Å². The molecule has 8 heteroatoms. The van der Waals surface area contributed by atoms with Gasteiger partial charge in [-0.2, -0.15) is 0 Å². The Bertz CT molecular complexity index is 1520. The van der Waals surface area contributed by atoms with E-state index >= 15 is 0 Å². The van der Waals surface area contributed by atoms with Gasteiger partial charge in [-0.3, -0.25) is 9.10 Å². The number of carbonyl (C=O) groups excluding carboxylic acids is 1. The number of rotatable bonds is 9. The number of hydrogen-bond acceptors (Lipinski definition) is 4. The summed E-state index contributed by atoms with van der Waals surface area (Å²) in [7, 11) is -4.11. The number of sulfonamides is 1. The third-order valence-corrected chi connectivity index (χ3v) is 7.97. The first kappa shape index (κ1) is 26.9. The lowest BCUT2D eigenvalue weighted by Gasteiger charge is -2.26. The molecule has 0 bridgehead atoms. The molecule has 4 aromatic carbocycles. The second-order valence-corrected chi connectivity index (χ2v) is 10.6. The number of halogens is 1. The van der Waals surface area contributed by atoms with Crippen molar-refractivity contribution in [3.8, 4) is 16.9 Å².